The number of fused-ring (bicyclic) bond motifs is 3. The number of piperidine rings is 1. The molecule has 176 valence electrons. The van der Waals surface area contributed by atoms with E-state index in [-0.39, 0.29) is 6.04 Å². The molecule has 3 aliphatic rings. The van der Waals surface area contributed by atoms with E-state index >= 15 is 0 Å². The molecule has 0 saturated carbocycles. The largest absolute Gasteiger partial charge is 0.354 e. The highest BCUT2D eigenvalue weighted by Gasteiger charge is 2.26. The van der Waals surface area contributed by atoms with Crippen molar-refractivity contribution in [1.29, 1.82) is 0 Å². The predicted octanol–water partition coefficient (Wildman–Crippen LogP) is 4.72. The molecular formula is C26H29ClN6S. The van der Waals surface area contributed by atoms with E-state index in [1.54, 1.807) is 11.8 Å². The first-order chi connectivity index (χ1) is 16.6. The third-order valence-corrected chi connectivity index (χ3v) is 8.29. The number of nitrogens with zero attached hydrogens (tertiary/aromatic N) is 3. The van der Waals surface area contributed by atoms with Crippen LogP contribution in [-0.2, 0) is 12.8 Å². The van der Waals surface area contributed by atoms with Crippen molar-refractivity contribution in [3.05, 3.63) is 57.3 Å². The average molecular weight is 493 g/mol. The highest BCUT2D eigenvalue weighted by atomic mass is 35.5. The van der Waals surface area contributed by atoms with Gasteiger partial charge >= 0.3 is 0 Å². The first-order valence-electron chi connectivity index (χ1n) is 12.1. The number of hydrogen-bond donors (Lipinski definition) is 3. The quantitative estimate of drug-likeness (QED) is 0.457. The van der Waals surface area contributed by atoms with Crippen LogP contribution in [0.1, 0.15) is 36.6 Å². The van der Waals surface area contributed by atoms with Crippen LogP contribution in [0.15, 0.2) is 45.5 Å². The zero-order valence-electron chi connectivity index (χ0n) is 19.3. The maximum Gasteiger partial charge on any atom is 0.196 e. The first kappa shape index (κ1) is 22.2. The first-order valence-corrected chi connectivity index (χ1v) is 13.3. The van der Waals surface area contributed by atoms with E-state index in [0.29, 0.717) is 0 Å². The third-order valence-electron chi connectivity index (χ3n) is 7.02. The van der Waals surface area contributed by atoms with E-state index < -0.39 is 0 Å². The standard InChI is InChI=1S/C26H29ClN6S/c1-2-21-23(27)22-24(30-21)31-26(32-25(22)33-10-8-19(28)14-33)34-20-6-5-16-11-18-13-29-9-7-15(18)3-4-17(16)12-20/h3,5-6,11-12,19,29H,2,4,7-10,13-14,28H2,1H3,(H,30,31,32). The summed E-state index contributed by atoms with van der Waals surface area (Å²) in [6.45, 7) is 5.79. The lowest BCUT2D eigenvalue weighted by atomic mass is 9.98. The molecule has 1 atom stereocenters. The zero-order valence-corrected chi connectivity index (χ0v) is 20.9. The van der Waals surface area contributed by atoms with Gasteiger partial charge in [0.15, 0.2) is 5.16 Å². The van der Waals surface area contributed by atoms with Crippen LogP contribution in [0.2, 0.25) is 5.02 Å². The molecule has 4 heterocycles. The van der Waals surface area contributed by atoms with Crippen molar-refractivity contribution >= 4 is 46.3 Å². The molecule has 6 nitrogen and oxygen atoms in total. The Morgan fingerprint density at radius 3 is 3.00 bits per heavy atom. The minimum Gasteiger partial charge on any atom is -0.354 e. The molecule has 1 unspecified atom stereocenters. The fraction of sp³-hybridized carbons (Fsp3) is 0.385. The molecule has 6 rings (SSSR count). The summed E-state index contributed by atoms with van der Waals surface area (Å²) in [5.41, 5.74) is 13.6. The van der Waals surface area contributed by atoms with Gasteiger partial charge in [0.2, 0.25) is 0 Å². The summed E-state index contributed by atoms with van der Waals surface area (Å²) in [6, 6.07) is 6.86. The predicted molar refractivity (Wildman–Crippen MR) is 141 cm³/mol. The van der Waals surface area contributed by atoms with Gasteiger partial charge in [-0.2, -0.15) is 0 Å². The van der Waals surface area contributed by atoms with Crippen LogP contribution in [-0.4, -0.2) is 47.2 Å². The van der Waals surface area contributed by atoms with Crippen molar-refractivity contribution in [2.45, 2.75) is 48.7 Å². The molecular weight excluding hydrogens is 464 g/mol. The summed E-state index contributed by atoms with van der Waals surface area (Å²) >= 11 is 8.35. The lowest BCUT2D eigenvalue weighted by Gasteiger charge is -2.19. The summed E-state index contributed by atoms with van der Waals surface area (Å²) in [5.74, 6) is 0.891. The Hall–Kier alpha value is -2.32. The smallest absolute Gasteiger partial charge is 0.196 e. The van der Waals surface area contributed by atoms with E-state index in [1.807, 2.05) is 0 Å². The number of nitrogens with one attached hydrogen (secondary N) is 2. The number of anilines is 1. The van der Waals surface area contributed by atoms with E-state index in [4.69, 9.17) is 27.3 Å². The van der Waals surface area contributed by atoms with Crippen LogP contribution in [0.5, 0.6) is 0 Å². The molecule has 2 aromatic heterocycles. The van der Waals surface area contributed by atoms with Crippen LogP contribution < -0.4 is 16.0 Å². The summed E-state index contributed by atoms with van der Waals surface area (Å²) in [6.07, 6.45) is 8.60. The number of H-pyrrole nitrogens is 1. The minimum atomic E-state index is 0.163. The van der Waals surface area contributed by atoms with E-state index in [1.165, 1.54) is 22.3 Å². The second kappa shape index (κ2) is 9.04. The number of allylic oxidation sites excluding steroid dienone is 1. The zero-order chi connectivity index (χ0) is 23.2. The molecule has 1 aliphatic carbocycles. The molecule has 4 N–H and O–H groups in total. The van der Waals surface area contributed by atoms with Gasteiger partial charge in [0.1, 0.15) is 11.5 Å². The molecule has 1 aromatic carbocycles. The Kier molecular flexibility index (Phi) is 5.89. The lowest BCUT2D eigenvalue weighted by molar-refractivity contribution is 0.684. The molecule has 0 radical (unpaired) electrons. The summed E-state index contributed by atoms with van der Waals surface area (Å²) in [5, 5.41) is 5.86. The number of aryl methyl sites for hydroxylation is 1. The van der Waals surface area contributed by atoms with Crippen molar-refractivity contribution in [3.8, 4) is 0 Å². The molecule has 34 heavy (non-hydrogen) atoms. The van der Waals surface area contributed by atoms with E-state index in [2.05, 4.69) is 52.5 Å². The molecule has 2 aliphatic heterocycles. The Balaban J connectivity index is 1.36. The Bertz CT molecular complexity index is 1330. The van der Waals surface area contributed by atoms with Gasteiger partial charge in [-0.3, -0.25) is 0 Å². The number of benzene rings is 1. The molecule has 2 fully saturated rings. The number of aromatic nitrogens is 3. The van der Waals surface area contributed by atoms with Crippen LogP contribution in [0.25, 0.3) is 17.1 Å². The van der Waals surface area contributed by atoms with Crippen LogP contribution in [0.4, 0.5) is 5.82 Å². The van der Waals surface area contributed by atoms with Crippen LogP contribution in [0.3, 0.4) is 0 Å². The summed E-state index contributed by atoms with van der Waals surface area (Å²) < 4.78 is 0. The van der Waals surface area contributed by atoms with Gasteiger partial charge in [-0.15, -0.1) is 0 Å². The maximum absolute atomic E-state index is 6.75. The van der Waals surface area contributed by atoms with Gasteiger partial charge < -0.3 is 20.9 Å². The monoisotopic (exact) mass is 492 g/mol. The second-order valence-corrected chi connectivity index (χ2v) is 10.7. The van der Waals surface area contributed by atoms with Gasteiger partial charge in [-0.05, 0) is 84.5 Å². The average Bonchev–Trinajstić information content (AvgIpc) is 3.36. The number of halogens is 1. The molecule has 0 amide bonds. The van der Waals surface area contributed by atoms with Crippen LogP contribution >= 0.6 is 23.4 Å². The van der Waals surface area contributed by atoms with Gasteiger partial charge in [0, 0.05) is 36.3 Å². The van der Waals surface area contributed by atoms with Crippen molar-refractivity contribution < 1.29 is 0 Å². The molecule has 0 bridgehead atoms. The van der Waals surface area contributed by atoms with Gasteiger partial charge in [0.05, 0.1) is 10.4 Å². The summed E-state index contributed by atoms with van der Waals surface area (Å²) in [7, 11) is 0. The van der Waals surface area contributed by atoms with E-state index in [0.717, 1.165) is 89.5 Å². The second-order valence-electron chi connectivity index (χ2n) is 9.31. The Morgan fingerprint density at radius 1 is 1.26 bits per heavy atom. The van der Waals surface area contributed by atoms with E-state index in [9.17, 15) is 0 Å². The molecule has 8 heteroatoms. The number of hydrogen-bond acceptors (Lipinski definition) is 6. The third kappa shape index (κ3) is 4.05. The van der Waals surface area contributed by atoms with Crippen molar-refractivity contribution in [3.63, 3.8) is 0 Å². The lowest BCUT2D eigenvalue weighted by Crippen LogP contribution is -2.27. The number of rotatable bonds is 4. The van der Waals surface area contributed by atoms with Gasteiger partial charge in [0.25, 0.3) is 0 Å². The topological polar surface area (TPSA) is 82.9 Å². The number of aromatic amines is 1. The van der Waals surface area contributed by atoms with Gasteiger partial charge in [-0.25, -0.2) is 9.97 Å². The highest BCUT2D eigenvalue weighted by molar-refractivity contribution is 7.99. The number of nitrogens with two attached hydrogens (primary N) is 1. The fourth-order valence-electron chi connectivity index (χ4n) is 5.15. The molecule has 2 saturated heterocycles. The molecule has 3 aromatic rings. The van der Waals surface area contributed by atoms with Crippen molar-refractivity contribution in [2.24, 2.45) is 5.73 Å². The van der Waals surface area contributed by atoms with Crippen molar-refractivity contribution in [1.82, 2.24) is 20.3 Å². The highest BCUT2D eigenvalue weighted by Crippen LogP contribution is 2.38. The minimum absolute atomic E-state index is 0.163. The van der Waals surface area contributed by atoms with Crippen molar-refractivity contribution in [2.75, 3.05) is 31.1 Å². The maximum atomic E-state index is 6.75. The molecule has 0 spiro atoms. The SMILES string of the molecule is CCc1[nH]c2nc(Sc3ccc4c(c3)CC=C3CCNCC3=C4)nc(N3CCC(N)C3)c2c1Cl. The Labute approximate surface area is 209 Å². The summed E-state index contributed by atoms with van der Waals surface area (Å²) in [4.78, 5) is 16.7. The normalized spacial score (nSPS) is 20.1. The van der Waals surface area contributed by atoms with Crippen LogP contribution in [0, 0.1) is 0 Å². The fourth-order valence-corrected chi connectivity index (χ4v) is 6.33. The Morgan fingerprint density at radius 2 is 2.18 bits per heavy atom. The van der Waals surface area contributed by atoms with Gasteiger partial charge in [-0.1, -0.05) is 30.7 Å².